The molecule has 0 radical (unpaired) electrons. The monoisotopic (exact) mass is 274 g/mol. The molecule has 1 aromatic carbocycles. The van der Waals surface area contributed by atoms with Crippen LogP contribution in [0.5, 0.6) is 0 Å². The van der Waals surface area contributed by atoms with Crippen LogP contribution in [0, 0.1) is 0 Å². The largest absolute Gasteiger partial charge is 0.235 e. The van der Waals surface area contributed by atoms with Crippen LogP contribution in [0.1, 0.15) is 0 Å². The van der Waals surface area contributed by atoms with Gasteiger partial charge in [0.2, 0.25) is 0 Å². The normalized spacial score (nSPS) is 10.8. The summed E-state index contributed by atoms with van der Waals surface area (Å²) >= 11 is 3.40. The van der Waals surface area contributed by atoms with E-state index in [2.05, 4.69) is 31.2 Å². The van der Waals surface area contributed by atoms with Crippen LogP contribution in [-0.4, -0.2) is 20.0 Å². The third-order valence-electron chi connectivity index (χ3n) is 2.28. The molecule has 0 aliphatic rings. The summed E-state index contributed by atoms with van der Waals surface area (Å²) in [4.78, 5) is 4.27. The van der Waals surface area contributed by atoms with Gasteiger partial charge in [-0.15, -0.1) is 5.10 Å². The second-order valence-corrected chi connectivity index (χ2v) is 4.24. The van der Waals surface area contributed by atoms with Gasteiger partial charge in [0.05, 0.1) is 5.69 Å². The van der Waals surface area contributed by atoms with Crippen molar-refractivity contribution in [2.75, 3.05) is 0 Å². The van der Waals surface area contributed by atoms with Crippen LogP contribution < -0.4 is 0 Å². The number of rotatable bonds is 1. The zero-order valence-electron chi connectivity index (χ0n) is 8.21. The number of nitrogens with zero attached hydrogens (tertiary/aromatic N) is 4. The number of pyridine rings is 1. The molecule has 0 amide bonds. The van der Waals surface area contributed by atoms with E-state index in [1.165, 1.54) is 0 Å². The molecule has 2 aromatic heterocycles. The Morgan fingerprint density at radius 3 is 2.69 bits per heavy atom. The summed E-state index contributed by atoms with van der Waals surface area (Å²) in [6.07, 6.45) is 1.74. The summed E-state index contributed by atoms with van der Waals surface area (Å²) in [5, 5.41) is 8.14. The van der Waals surface area contributed by atoms with Crippen molar-refractivity contribution in [2.45, 2.75) is 0 Å². The highest BCUT2D eigenvalue weighted by Crippen LogP contribution is 2.16. The smallest absolute Gasteiger partial charge is 0.183 e. The molecule has 2 heterocycles. The van der Waals surface area contributed by atoms with Crippen molar-refractivity contribution in [1.82, 2.24) is 20.0 Å². The Labute approximate surface area is 100 Å². The minimum atomic E-state index is 0.768. The van der Waals surface area contributed by atoms with Crippen LogP contribution in [0.15, 0.2) is 47.1 Å². The fourth-order valence-electron chi connectivity index (χ4n) is 1.52. The first-order chi connectivity index (χ1) is 7.84. The van der Waals surface area contributed by atoms with Crippen molar-refractivity contribution in [2.24, 2.45) is 0 Å². The summed E-state index contributed by atoms with van der Waals surface area (Å²) in [6, 6.07) is 11.6. The molecule has 0 atom stereocenters. The van der Waals surface area contributed by atoms with Crippen molar-refractivity contribution < 1.29 is 0 Å². The molecule has 0 fully saturated rings. The fourth-order valence-corrected chi connectivity index (χ4v) is 1.79. The molecular weight excluding hydrogens is 268 g/mol. The Balaban J connectivity index is 2.22. The van der Waals surface area contributed by atoms with Gasteiger partial charge in [0.15, 0.2) is 5.65 Å². The van der Waals surface area contributed by atoms with Crippen molar-refractivity contribution >= 4 is 27.1 Å². The minimum Gasteiger partial charge on any atom is -0.235 e. The molecule has 0 saturated carbocycles. The molecule has 3 rings (SSSR count). The lowest BCUT2D eigenvalue weighted by atomic mass is 10.3. The Kier molecular flexibility index (Phi) is 2.18. The average molecular weight is 275 g/mol. The number of hydrogen-bond donors (Lipinski definition) is 0. The molecule has 0 saturated heterocycles. The number of aromatic nitrogens is 4. The lowest BCUT2D eigenvalue weighted by molar-refractivity contribution is 0.817. The molecule has 0 aliphatic carbocycles. The number of benzene rings is 1. The quantitative estimate of drug-likeness (QED) is 0.685. The van der Waals surface area contributed by atoms with E-state index >= 15 is 0 Å². The topological polar surface area (TPSA) is 43.6 Å². The van der Waals surface area contributed by atoms with Crippen LogP contribution in [-0.2, 0) is 0 Å². The molecular formula is C11H7BrN4. The van der Waals surface area contributed by atoms with Crippen molar-refractivity contribution in [1.29, 1.82) is 0 Å². The van der Waals surface area contributed by atoms with E-state index in [4.69, 9.17) is 0 Å². The van der Waals surface area contributed by atoms with Gasteiger partial charge in [0, 0.05) is 10.7 Å². The zero-order chi connectivity index (χ0) is 11.0. The highest BCUT2D eigenvalue weighted by Gasteiger charge is 2.06. The van der Waals surface area contributed by atoms with Gasteiger partial charge in [-0.25, -0.2) is 4.98 Å². The molecule has 0 aliphatic heterocycles. The lowest BCUT2D eigenvalue weighted by Crippen LogP contribution is -1.97. The standard InChI is InChI=1S/C11H7BrN4/c12-8-3-5-9(6-4-8)16-11-10(14-15-16)2-1-7-13-11/h1-7H. The van der Waals surface area contributed by atoms with Gasteiger partial charge in [-0.05, 0) is 36.4 Å². The van der Waals surface area contributed by atoms with Gasteiger partial charge in [-0.2, -0.15) is 4.68 Å². The van der Waals surface area contributed by atoms with Gasteiger partial charge >= 0.3 is 0 Å². The molecule has 5 heteroatoms. The predicted octanol–water partition coefficient (Wildman–Crippen LogP) is 2.58. The maximum atomic E-state index is 4.27. The van der Waals surface area contributed by atoms with E-state index in [1.807, 2.05) is 36.4 Å². The van der Waals surface area contributed by atoms with E-state index in [1.54, 1.807) is 10.9 Å². The molecule has 0 N–H and O–H groups in total. The third-order valence-corrected chi connectivity index (χ3v) is 2.81. The van der Waals surface area contributed by atoms with Crippen molar-refractivity contribution in [3.63, 3.8) is 0 Å². The third kappa shape index (κ3) is 1.49. The first-order valence-electron chi connectivity index (χ1n) is 4.77. The predicted molar refractivity (Wildman–Crippen MR) is 64.4 cm³/mol. The second-order valence-electron chi connectivity index (χ2n) is 3.32. The van der Waals surface area contributed by atoms with Gasteiger partial charge in [-0.3, -0.25) is 0 Å². The number of halogens is 1. The Morgan fingerprint density at radius 2 is 1.88 bits per heavy atom. The van der Waals surface area contributed by atoms with Crippen molar-refractivity contribution in [3.05, 3.63) is 47.1 Å². The maximum Gasteiger partial charge on any atom is 0.183 e. The van der Waals surface area contributed by atoms with E-state index in [9.17, 15) is 0 Å². The Hall–Kier alpha value is -1.75. The summed E-state index contributed by atoms with van der Waals surface area (Å²) in [6.45, 7) is 0. The van der Waals surface area contributed by atoms with Crippen LogP contribution >= 0.6 is 15.9 Å². The van der Waals surface area contributed by atoms with E-state index < -0.39 is 0 Å². The van der Waals surface area contributed by atoms with Crippen LogP contribution in [0.3, 0.4) is 0 Å². The van der Waals surface area contributed by atoms with Gasteiger partial charge < -0.3 is 0 Å². The minimum absolute atomic E-state index is 0.768. The van der Waals surface area contributed by atoms with E-state index in [0.29, 0.717) is 0 Å². The zero-order valence-corrected chi connectivity index (χ0v) is 9.79. The molecule has 78 valence electrons. The molecule has 3 aromatic rings. The maximum absolute atomic E-state index is 4.27. The highest BCUT2D eigenvalue weighted by molar-refractivity contribution is 9.10. The fraction of sp³-hybridized carbons (Fsp3) is 0. The second kappa shape index (κ2) is 3.68. The molecule has 0 spiro atoms. The van der Waals surface area contributed by atoms with E-state index in [-0.39, 0.29) is 0 Å². The summed E-state index contributed by atoms with van der Waals surface area (Å²) in [5.41, 5.74) is 2.51. The molecule has 16 heavy (non-hydrogen) atoms. The summed E-state index contributed by atoms with van der Waals surface area (Å²) < 4.78 is 2.76. The first-order valence-corrected chi connectivity index (χ1v) is 5.56. The summed E-state index contributed by atoms with van der Waals surface area (Å²) in [5.74, 6) is 0. The Morgan fingerprint density at radius 1 is 1.06 bits per heavy atom. The van der Waals surface area contributed by atoms with Gasteiger partial charge in [0.25, 0.3) is 0 Å². The van der Waals surface area contributed by atoms with Crippen LogP contribution in [0.25, 0.3) is 16.9 Å². The van der Waals surface area contributed by atoms with Crippen LogP contribution in [0.4, 0.5) is 0 Å². The summed E-state index contributed by atoms with van der Waals surface area (Å²) in [7, 11) is 0. The SMILES string of the molecule is Brc1ccc(-n2nnc3cccnc32)cc1. The molecule has 0 bridgehead atoms. The average Bonchev–Trinajstić information content (AvgIpc) is 2.74. The molecule has 0 unspecified atom stereocenters. The van der Waals surface area contributed by atoms with Gasteiger partial charge in [-0.1, -0.05) is 21.1 Å². The number of hydrogen-bond acceptors (Lipinski definition) is 3. The lowest BCUT2D eigenvalue weighted by Gasteiger charge is -2.00. The number of fused-ring (bicyclic) bond motifs is 1. The Bertz CT molecular complexity index is 630. The van der Waals surface area contributed by atoms with Gasteiger partial charge in [0.1, 0.15) is 5.52 Å². The van der Waals surface area contributed by atoms with E-state index in [0.717, 1.165) is 21.3 Å². The first kappa shape index (κ1) is 9.47. The highest BCUT2D eigenvalue weighted by atomic mass is 79.9. The van der Waals surface area contributed by atoms with Crippen LogP contribution in [0.2, 0.25) is 0 Å². The molecule has 4 nitrogen and oxygen atoms in total. The van der Waals surface area contributed by atoms with Crippen molar-refractivity contribution in [3.8, 4) is 5.69 Å².